The molecule has 0 radical (unpaired) electrons. The Morgan fingerprint density at radius 3 is 1.92 bits per heavy atom. The summed E-state index contributed by atoms with van der Waals surface area (Å²) in [5.41, 5.74) is 0. The van der Waals surface area contributed by atoms with E-state index in [1.807, 2.05) is 0 Å². The van der Waals surface area contributed by atoms with Gasteiger partial charge in [-0.1, -0.05) is 3.89 Å². The topological polar surface area (TPSA) is 71.5 Å². The van der Waals surface area contributed by atoms with E-state index < -0.39 is 20.2 Å². The van der Waals surface area contributed by atoms with Crippen molar-refractivity contribution in [2.75, 3.05) is 24.6 Å². The van der Waals surface area contributed by atoms with Gasteiger partial charge in [-0.25, -0.2) is 8.42 Å². The first-order valence-corrected chi connectivity index (χ1v) is 6.38. The molecule has 0 atom stereocenters. The van der Waals surface area contributed by atoms with Crippen LogP contribution >= 0.6 is 0 Å². The second kappa shape index (κ2) is 2.93. The summed E-state index contributed by atoms with van der Waals surface area (Å²) in [5, 5.41) is 0. The van der Waals surface area contributed by atoms with Gasteiger partial charge in [0.05, 0.1) is 11.5 Å². The van der Waals surface area contributed by atoms with Crippen molar-refractivity contribution in [3.05, 3.63) is 0 Å². The molecule has 1 heterocycles. The predicted octanol–water partition coefficient (Wildman–Crippen LogP) is -1.07. The molecule has 72 valence electrons. The van der Waals surface area contributed by atoms with E-state index in [9.17, 15) is 20.7 Å². The summed E-state index contributed by atoms with van der Waals surface area (Å²) in [5.74, 6) is -0.591. The van der Waals surface area contributed by atoms with Crippen LogP contribution in [0.5, 0.6) is 0 Å². The molecule has 0 saturated carbocycles. The Balaban J connectivity index is 2.71. The van der Waals surface area contributed by atoms with Gasteiger partial charge in [-0.2, -0.15) is 12.7 Å². The second-order valence-corrected chi connectivity index (χ2v) is 6.14. The lowest BCUT2D eigenvalue weighted by Gasteiger charge is -2.21. The third kappa shape index (κ3) is 2.39. The van der Waals surface area contributed by atoms with E-state index in [-0.39, 0.29) is 24.6 Å². The summed E-state index contributed by atoms with van der Waals surface area (Å²) >= 11 is 0. The number of hydrogen-bond acceptors (Lipinski definition) is 4. The van der Waals surface area contributed by atoms with Crippen LogP contribution in [0.25, 0.3) is 0 Å². The molecule has 0 spiro atoms. The Kier molecular flexibility index (Phi) is 2.41. The lowest BCUT2D eigenvalue weighted by atomic mass is 10.6. The van der Waals surface area contributed by atoms with Crippen molar-refractivity contribution in [3.63, 3.8) is 0 Å². The Morgan fingerprint density at radius 2 is 1.58 bits per heavy atom. The van der Waals surface area contributed by atoms with Crippen LogP contribution in [0, 0.1) is 0 Å². The van der Waals surface area contributed by atoms with E-state index in [1.165, 1.54) is 0 Å². The molecule has 1 fully saturated rings. The number of rotatable bonds is 1. The Morgan fingerprint density at radius 1 is 1.17 bits per heavy atom. The van der Waals surface area contributed by atoms with Crippen molar-refractivity contribution in [2.45, 2.75) is 0 Å². The van der Waals surface area contributed by atoms with Gasteiger partial charge in [0.15, 0.2) is 9.84 Å². The highest BCUT2D eigenvalue weighted by atomic mass is 32.3. The minimum absolute atomic E-state index is 0.277. The van der Waals surface area contributed by atoms with Gasteiger partial charge in [0, 0.05) is 13.1 Å². The Bertz CT molecular complexity index is 345. The first-order valence-electron chi connectivity index (χ1n) is 3.21. The fraction of sp³-hybridized carbons (Fsp3) is 1.00. The molecule has 12 heavy (non-hydrogen) atoms. The maximum Gasteiger partial charge on any atom is 0.374 e. The van der Waals surface area contributed by atoms with Gasteiger partial charge in [-0.3, -0.25) is 0 Å². The number of hydrogen-bond donors (Lipinski definition) is 0. The largest absolute Gasteiger partial charge is 0.374 e. The molecule has 1 rings (SSSR count). The molecular weight excluding hydrogens is 209 g/mol. The number of halogens is 1. The Labute approximate surface area is 70.4 Å². The molecule has 0 unspecified atom stereocenters. The van der Waals surface area contributed by atoms with Crippen molar-refractivity contribution in [2.24, 2.45) is 0 Å². The molecule has 0 aliphatic carbocycles. The van der Waals surface area contributed by atoms with Crippen molar-refractivity contribution in [1.82, 2.24) is 4.31 Å². The summed E-state index contributed by atoms with van der Waals surface area (Å²) in [6.45, 7) is -0.553. The van der Waals surface area contributed by atoms with E-state index in [0.717, 1.165) is 0 Å². The quantitative estimate of drug-likeness (QED) is 0.524. The number of sulfone groups is 1. The van der Waals surface area contributed by atoms with Crippen LogP contribution in [0.4, 0.5) is 3.89 Å². The molecule has 5 nitrogen and oxygen atoms in total. The van der Waals surface area contributed by atoms with Crippen molar-refractivity contribution in [3.8, 4) is 0 Å². The molecule has 0 amide bonds. The molecule has 1 aliphatic rings. The lowest BCUT2D eigenvalue weighted by molar-refractivity contribution is 0.402. The predicted molar refractivity (Wildman–Crippen MR) is 40.3 cm³/mol. The van der Waals surface area contributed by atoms with Crippen LogP contribution in [-0.4, -0.2) is 45.7 Å². The van der Waals surface area contributed by atoms with Crippen molar-refractivity contribution >= 4 is 20.2 Å². The molecule has 1 saturated heterocycles. The molecule has 0 aromatic carbocycles. The highest BCUT2D eigenvalue weighted by molar-refractivity contribution is 7.91. The monoisotopic (exact) mass is 217 g/mol. The molecule has 0 aromatic heterocycles. The zero-order chi connectivity index (χ0) is 9.41. The summed E-state index contributed by atoms with van der Waals surface area (Å²) in [6.07, 6.45) is 0. The maximum absolute atomic E-state index is 12.2. The highest BCUT2D eigenvalue weighted by Crippen LogP contribution is 2.09. The third-order valence-electron chi connectivity index (χ3n) is 1.61. The van der Waals surface area contributed by atoms with E-state index in [2.05, 4.69) is 0 Å². The zero-order valence-corrected chi connectivity index (χ0v) is 7.74. The third-order valence-corrected chi connectivity index (χ3v) is 4.20. The average Bonchev–Trinajstić information content (AvgIpc) is 1.83. The van der Waals surface area contributed by atoms with Crippen LogP contribution in [0.15, 0.2) is 0 Å². The minimum Gasteiger partial charge on any atom is -0.229 e. The van der Waals surface area contributed by atoms with Gasteiger partial charge >= 0.3 is 10.4 Å². The molecule has 0 aromatic rings. The van der Waals surface area contributed by atoms with Crippen LogP contribution in [0.1, 0.15) is 0 Å². The van der Waals surface area contributed by atoms with Gasteiger partial charge in [-0.05, 0) is 0 Å². The molecule has 0 bridgehead atoms. The summed E-state index contributed by atoms with van der Waals surface area (Å²) in [6, 6.07) is 0. The van der Waals surface area contributed by atoms with E-state index in [1.54, 1.807) is 0 Å². The summed E-state index contributed by atoms with van der Waals surface area (Å²) in [7, 11) is -7.86. The van der Waals surface area contributed by atoms with Gasteiger partial charge in [0.25, 0.3) is 0 Å². The minimum atomic E-state index is -4.71. The zero-order valence-electron chi connectivity index (χ0n) is 6.10. The van der Waals surface area contributed by atoms with Crippen LogP contribution in [0.2, 0.25) is 0 Å². The van der Waals surface area contributed by atoms with Crippen molar-refractivity contribution < 1.29 is 20.7 Å². The Hall–Kier alpha value is -0.210. The standard InChI is InChI=1S/C4H8FNO4S2/c5-12(9,10)6-1-3-11(7,8)4-2-6/h1-4H2. The lowest BCUT2D eigenvalue weighted by Crippen LogP contribution is -2.42. The number of nitrogens with zero attached hydrogens (tertiary/aromatic N) is 1. The van der Waals surface area contributed by atoms with Crippen LogP contribution < -0.4 is 0 Å². The van der Waals surface area contributed by atoms with Gasteiger partial charge in [-0.15, -0.1) is 0 Å². The van der Waals surface area contributed by atoms with Gasteiger partial charge in [0.2, 0.25) is 0 Å². The smallest absolute Gasteiger partial charge is 0.229 e. The van der Waals surface area contributed by atoms with E-state index in [4.69, 9.17) is 0 Å². The fourth-order valence-electron chi connectivity index (χ4n) is 0.914. The molecule has 0 N–H and O–H groups in total. The molecule has 1 aliphatic heterocycles. The van der Waals surface area contributed by atoms with Crippen LogP contribution in [-0.2, 0) is 20.2 Å². The average molecular weight is 217 g/mol. The fourth-order valence-corrected chi connectivity index (χ4v) is 2.96. The second-order valence-electron chi connectivity index (χ2n) is 2.49. The van der Waals surface area contributed by atoms with E-state index >= 15 is 0 Å². The highest BCUT2D eigenvalue weighted by Gasteiger charge is 2.29. The first kappa shape index (κ1) is 9.87. The van der Waals surface area contributed by atoms with Gasteiger partial charge < -0.3 is 0 Å². The van der Waals surface area contributed by atoms with E-state index in [0.29, 0.717) is 4.31 Å². The first-order chi connectivity index (χ1) is 5.31. The normalized spacial score (nSPS) is 25.4. The SMILES string of the molecule is O=S1(=O)CCN(S(=O)(=O)F)CC1. The maximum atomic E-state index is 12.2. The summed E-state index contributed by atoms with van der Waals surface area (Å²) < 4.78 is 54.8. The van der Waals surface area contributed by atoms with Crippen molar-refractivity contribution in [1.29, 1.82) is 0 Å². The molecular formula is C4H8FNO4S2. The van der Waals surface area contributed by atoms with Crippen LogP contribution in [0.3, 0.4) is 0 Å². The summed E-state index contributed by atoms with van der Waals surface area (Å²) in [4.78, 5) is 0. The van der Waals surface area contributed by atoms with Gasteiger partial charge in [0.1, 0.15) is 0 Å². The molecule has 8 heteroatoms.